The van der Waals surface area contributed by atoms with Crippen LogP contribution in [-0.2, 0) is 21.1 Å². The van der Waals surface area contributed by atoms with Crippen molar-refractivity contribution < 1.29 is 29.8 Å². The average molecular weight is 249 g/mol. The van der Waals surface area contributed by atoms with E-state index in [-0.39, 0.29) is 21.1 Å². The largest absolute Gasteiger partial charge is 2.00 e. The molecule has 0 aliphatic rings. The summed E-state index contributed by atoms with van der Waals surface area (Å²) in [6, 6.07) is 0. The van der Waals surface area contributed by atoms with Crippen LogP contribution in [0.15, 0.2) is 0 Å². The second kappa shape index (κ2) is 4.55. The Morgan fingerprint density at radius 1 is 1.40 bits per heavy atom. The molecule has 30 valence electrons. The van der Waals surface area contributed by atoms with Crippen molar-refractivity contribution >= 4 is 0 Å². The molecule has 0 aromatic carbocycles. The van der Waals surface area contributed by atoms with Crippen LogP contribution in [-0.4, -0.2) is 0 Å². The van der Waals surface area contributed by atoms with Crippen molar-refractivity contribution in [1.82, 2.24) is 0 Å². The van der Waals surface area contributed by atoms with Crippen LogP contribution in [0.3, 0.4) is 0 Å². The molecular weight excluding hydrogens is 246 g/mol. The minimum Gasteiger partial charge on any atom is -0.422 e. The Kier molecular flexibility index (Phi) is 8.29. The second-order valence-electron chi connectivity index (χ2n) is 0.449. The van der Waals surface area contributed by atoms with E-state index in [4.69, 9.17) is 0 Å². The maximum absolute atomic E-state index is 10.2. The SMILES string of the molecule is C[C-](F)F.[W+2]. The predicted octanol–water partition coefficient (Wildman–Crippen LogP) is 1.43. The Labute approximate surface area is 43.8 Å². The van der Waals surface area contributed by atoms with Gasteiger partial charge < -0.3 is 8.78 Å². The first-order chi connectivity index (χ1) is 1.73. The Balaban J connectivity index is 0. The van der Waals surface area contributed by atoms with Gasteiger partial charge in [0.25, 0.3) is 0 Å². The number of rotatable bonds is 0. The monoisotopic (exact) mass is 249 g/mol. The minimum absolute atomic E-state index is 0. The standard InChI is InChI=1S/C2H3F2.W/c1-2(3)4;/h1H3;/q-1;+2. The average Bonchev–Trinajstić information content (AvgIpc) is 0.811. The molecule has 0 saturated heterocycles. The van der Waals surface area contributed by atoms with Crippen molar-refractivity contribution in [2.45, 2.75) is 6.92 Å². The first kappa shape index (κ1) is 9.12. The molecule has 0 aromatic heterocycles. The molecular formula is C2H3F2W+. The normalized spacial score (nSPS) is 7.20. The molecule has 0 fully saturated rings. The van der Waals surface area contributed by atoms with Gasteiger partial charge in [-0.3, -0.25) is 0 Å². The van der Waals surface area contributed by atoms with Gasteiger partial charge >= 0.3 is 21.1 Å². The summed E-state index contributed by atoms with van der Waals surface area (Å²) in [5, 5.41) is 0. The Morgan fingerprint density at radius 2 is 1.40 bits per heavy atom. The molecule has 0 heterocycles. The summed E-state index contributed by atoms with van der Waals surface area (Å²) >= 11 is 0. The second-order valence-corrected chi connectivity index (χ2v) is 0.449. The van der Waals surface area contributed by atoms with Crippen LogP contribution in [0.4, 0.5) is 8.78 Å². The van der Waals surface area contributed by atoms with Gasteiger partial charge in [0.2, 0.25) is 0 Å². The zero-order valence-electron chi connectivity index (χ0n) is 2.66. The van der Waals surface area contributed by atoms with Crippen LogP contribution in [0.2, 0.25) is 0 Å². The molecule has 0 radical (unpaired) electrons. The van der Waals surface area contributed by atoms with E-state index in [2.05, 4.69) is 0 Å². The molecule has 0 aliphatic carbocycles. The third-order valence-corrected chi connectivity index (χ3v) is 0. The van der Waals surface area contributed by atoms with Gasteiger partial charge in [0, 0.05) is 0 Å². The summed E-state index contributed by atoms with van der Waals surface area (Å²) in [6.07, 6.45) is -1.58. The van der Waals surface area contributed by atoms with Gasteiger partial charge in [0.1, 0.15) is 0 Å². The van der Waals surface area contributed by atoms with E-state index in [0.29, 0.717) is 0 Å². The van der Waals surface area contributed by atoms with E-state index in [9.17, 15) is 8.78 Å². The zero-order valence-corrected chi connectivity index (χ0v) is 5.60. The molecule has 0 spiro atoms. The van der Waals surface area contributed by atoms with Crippen LogP contribution >= 0.6 is 0 Å². The van der Waals surface area contributed by atoms with Crippen LogP contribution < -0.4 is 0 Å². The van der Waals surface area contributed by atoms with Crippen molar-refractivity contribution in [1.29, 1.82) is 0 Å². The molecule has 0 aliphatic heterocycles. The fourth-order valence-corrected chi connectivity index (χ4v) is 0. The van der Waals surface area contributed by atoms with Gasteiger partial charge in [0.05, 0.1) is 0 Å². The summed E-state index contributed by atoms with van der Waals surface area (Å²) in [7, 11) is 0. The number of halogens is 2. The summed E-state index contributed by atoms with van der Waals surface area (Å²) in [5.74, 6) is 0. The van der Waals surface area contributed by atoms with E-state index < -0.39 is 6.43 Å². The van der Waals surface area contributed by atoms with Crippen LogP contribution in [0.25, 0.3) is 0 Å². The molecule has 0 atom stereocenters. The molecule has 0 N–H and O–H groups in total. The van der Waals surface area contributed by atoms with E-state index in [1.54, 1.807) is 0 Å². The van der Waals surface area contributed by atoms with E-state index in [1.165, 1.54) is 0 Å². The fourth-order valence-electron chi connectivity index (χ4n) is 0. The quantitative estimate of drug-likeness (QED) is 0.569. The minimum atomic E-state index is -1.58. The van der Waals surface area contributed by atoms with Crippen molar-refractivity contribution in [3.63, 3.8) is 0 Å². The smallest absolute Gasteiger partial charge is 0.422 e. The molecule has 0 bridgehead atoms. The fraction of sp³-hybridized carbons (Fsp3) is 0.500. The Morgan fingerprint density at radius 3 is 1.40 bits per heavy atom. The third-order valence-electron chi connectivity index (χ3n) is 0. The van der Waals surface area contributed by atoms with Crippen molar-refractivity contribution in [2.24, 2.45) is 0 Å². The molecule has 0 aromatic rings. The van der Waals surface area contributed by atoms with Gasteiger partial charge in [-0.2, -0.15) is 0 Å². The van der Waals surface area contributed by atoms with Crippen LogP contribution in [0.5, 0.6) is 0 Å². The maximum atomic E-state index is 10.2. The summed E-state index contributed by atoms with van der Waals surface area (Å²) < 4.78 is 20.5. The maximum Gasteiger partial charge on any atom is 2.00 e. The first-order valence-corrected chi connectivity index (χ1v) is 0.878. The topological polar surface area (TPSA) is 0 Å². The molecule has 0 saturated carbocycles. The van der Waals surface area contributed by atoms with Crippen LogP contribution in [0.1, 0.15) is 6.92 Å². The van der Waals surface area contributed by atoms with Gasteiger partial charge in [-0.05, 0) is 6.43 Å². The number of hydrogen-bond acceptors (Lipinski definition) is 0. The molecule has 5 heavy (non-hydrogen) atoms. The third kappa shape index (κ3) is 98.2. The van der Waals surface area contributed by atoms with E-state index in [0.717, 1.165) is 6.92 Å². The zero-order chi connectivity index (χ0) is 3.58. The summed E-state index contributed by atoms with van der Waals surface area (Å²) in [5.41, 5.74) is 0. The van der Waals surface area contributed by atoms with Gasteiger partial charge in [-0.25, -0.2) is 0 Å². The van der Waals surface area contributed by atoms with E-state index >= 15 is 0 Å². The van der Waals surface area contributed by atoms with Crippen molar-refractivity contribution in [3.05, 3.63) is 6.43 Å². The molecule has 3 heteroatoms. The van der Waals surface area contributed by atoms with E-state index in [1.807, 2.05) is 0 Å². The molecule has 0 nitrogen and oxygen atoms in total. The Hall–Kier alpha value is 0.548. The van der Waals surface area contributed by atoms with Gasteiger partial charge in [0.15, 0.2) is 0 Å². The van der Waals surface area contributed by atoms with Crippen molar-refractivity contribution in [2.75, 3.05) is 0 Å². The first-order valence-electron chi connectivity index (χ1n) is 0.878. The summed E-state index contributed by atoms with van der Waals surface area (Å²) in [4.78, 5) is 0. The van der Waals surface area contributed by atoms with Crippen LogP contribution in [0, 0.1) is 6.43 Å². The Bertz CT molecular complexity index is 12.4. The summed E-state index contributed by atoms with van der Waals surface area (Å²) in [6.45, 7) is 0.750. The predicted molar refractivity (Wildman–Crippen MR) is 11.1 cm³/mol. The molecule has 0 unspecified atom stereocenters. The van der Waals surface area contributed by atoms with Gasteiger partial charge in [-0.1, -0.05) is 0 Å². The van der Waals surface area contributed by atoms with Crippen molar-refractivity contribution in [3.8, 4) is 0 Å². The molecule has 0 rings (SSSR count). The number of hydrogen-bond donors (Lipinski definition) is 0. The molecule has 0 amide bonds. The van der Waals surface area contributed by atoms with Gasteiger partial charge in [-0.15, -0.1) is 6.92 Å².